The summed E-state index contributed by atoms with van der Waals surface area (Å²) in [5.74, 6) is -0.0951. The Morgan fingerprint density at radius 1 is 1.10 bits per heavy atom. The monoisotopic (exact) mass is 277 g/mol. The van der Waals surface area contributed by atoms with Gasteiger partial charge in [-0.3, -0.25) is 14.8 Å². The Bertz CT molecular complexity index is 756. The molecule has 0 fully saturated rings. The van der Waals surface area contributed by atoms with E-state index in [9.17, 15) is 4.79 Å². The van der Waals surface area contributed by atoms with Gasteiger partial charge in [0.25, 0.3) is 5.91 Å². The Balaban J connectivity index is 1.64. The van der Waals surface area contributed by atoms with E-state index in [4.69, 9.17) is 0 Å². The number of nitrogens with zero attached hydrogens (tertiary/aromatic N) is 2. The lowest BCUT2D eigenvalue weighted by Gasteiger charge is -2.06. The van der Waals surface area contributed by atoms with E-state index in [1.807, 2.05) is 42.5 Å². The smallest absolute Gasteiger partial charge is 0.252 e. The Kier molecular flexibility index (Phi) is 3.87. The summed E-state index contributed by atoms with van der Waals surface area (Å²) in [7, 11) is 0. The largest absolute Gasteiger partial charge is 0.352 e. The summed E-state index contributed by atoms with van der Waals surface area (Å²) in [5.41, 5.74) is 2.64. The number of carbonyl (C=O) groups excluding carboxylic acids is 1. The highest BCUT2D eigenvalue weighted by Crippen LogP contribution is 2.12. The minimum atomic E-state index is -0.0951. The number of nitrogens with one attached hydrogen (secondary N) is 1. The van der Waals surface area contributed by atoms with Gasteiger partial charge < -0.3 is 5.32 Å². The van der Waals surface area contributed by atoms with Crippen molar-refractivity contribution in [3.05, 3.63) is 72.2 Å². The summed E-state index contributed by atoms with van der Waals surface area (Å²) in [6, 6.07) is 13.5. The van der Waals surface area contributed by atoms with Gasteiger partial charge in [-0.2, -0.15) is 0 Å². The molecule has 21 heavy (non-hydrogen) atoms. The van der Waals surface area contributed by atoms with Crippen LogP contribution in [0.3, 0.4) is 0 Å². The van der Waals surface area contributed by atoms with Gasteiger partial charge in [0.15, 0.2) is 0 Å². The maximum atomic E-state index is 12.1. The van der Waals surface area contributed by atoms with Crippen molar-refractivity contribution in [2.24, 2.45) is 0 Å². The van der Waals surface area contributed by atoms with Gasteiger partial charge >= 0.3 is 0 Å². The Hall–Kier alpha value is -2.75. The minimum Gasteiger partial charge on any atom is -0.352 e. The second-order valence-corrected chi connectivity index (χ2v) is 4.78. The van der Waals surface area contributed by atoms with Crippen LogP contribution < -0.4 is 5.32 Å². The van der Waals surface area contributed by atoms with Crippen LogP contribution in [-0.4, -0.2) is 22.4 Å². The van der Waals surface area contributed by atoms with Gasteiger partial charge in [-0.15, -0.1) is 0 Å². The van der Waals surface area contributed by atoms with Crippen molar-refractivity contribution in [3.8, 4) is 0 Å². The van der Waals surface area contributed by atoms with Crippen molar-refractivity contribution >= 4 is 16.8 Å². The molecule has 0 aliphatic rings. The van der Waals surface area contributed by atoms with Crippen LogP contribution in [0.2, 0.25) is 0 Å². The predicted octanol–water partition coefficient (Wildman–Crippen LogP) is 2.60. The Morgan fingerprint density at radius 3 is 2.76 bits per heavy atom. The van der Waals surface area contributed by atoms with E-state index in [2.05, 4.69) is 15.3 Å². The van der Waals surface area contributed by atoms with Crippen molar-refractivity contribution in [1.29, 1.82) is 0 Å². The molecule has 0 unspecified atom stereocenters. The molecule has 4 heteroatoms. The number of hydrogen-bond donors (Lipinski definition) is 1. The number of aromatic nitrogens is 2. The highest BCUT2D eigenvalue weighted by molar-refractivity contribution is 5.97. The number of carbonyl (C=O) groups is 1. The lowest BCUT2D eigenvalue weighted by Crippen LogP contribution is -2.25. The van der Waals surface area contributed by atoms with E-state index in [1.165, 1.54) is 0 Å². The van der Waals surface area contributed by atoms with Crippen LogP contribution in [0.1, 0.15) is 15.9 Å². The van der Waals surface area contributed by atoms with E-state index < -0.39 is 0 Å². The Labute approximate surface area is 122 Å². The van der Waals surface area contributed by atoms with Crippen LogP contribution in [0.5, 0.6) is 0 Å². The molecule has 0 radical (unpaired) electrons. The standard InChI is InChI=1S/C17H15N3O/c21-17(19-10-7-13-5-8-18-9-6-13)15-11-14-3-1-2-4-16(14)20-12-15/h1-6,8-9,11-12H,7,10H2,(H,19,21). The fourth-order valence-electron chi connectivity index (χ4n) is 2.17. The quantitative estimate of drug-likeness (QED) is 0.797. The molecule has 3 aromatic rings. The number of amides is 1. The molecule has 2 heterocycles. The fraction of sp³-hybridized carbons (Fsp3) is 0.118. The highest BCUT2D eigenvalue weighted by Gasteiger charge is 2.06. The number of hydrogen-bond acceptors (Lipinski definition) is 3. The summed E-state index contributed by atoms with van der Waals surface area (Å²) in [5, 5.41) is 3.88. The topological polar surface area (TPSA) is 54.9 Å². The van der Waals surface area contributed by atoms with Crippen LogP contribution in [0, 0.1) is 0 Å². The van der Waals surface area contributed by atoms with Crippen molar-refractivity contribution in [2.45, 2.75) is 6.42 Å². The van der Waals surface area contributed by atoms with Gasteiger partial charge in [0.05, 0.1) is 11.1 Å². The predicted molar refractivity (Wildman–Crippen MR) is 82.0 cm³/mol. The highest BCUT2D eigenvalue weighted by atomic mass is 16.1. The third-order valence-electron chi connectivity index (χ3n) is 3.30. The molecule has 0 saturated heterocycles. The van der Waals surface area contributed by atoms with E-state index in [0.717, 1.165) is 22.9 Å². The first-order valence-corrected chi connectivity index (χ1v) is 6.85. The molecule has 1 amide bonds. The summed E-state index contributed by atoms with van der Waals surface area (Å²) >= 11 is 0. The van der Waals surface area contributed by atoms with E-state index in [-0.39, 0.29) is 5.91 Å². The van der Waals surface area contributed by atoms with Gasteiger partial charge in [-0.25, -0.2) is 0 Å². The molecule has 3 rings (SSSR count). The maximum absolute atomic E-state index is 12.1. The normalized spacial score (nSPS) is 10.5. The van der Waals surface area contributed by atoms with Crippen LogP contribution in [-0.2, 0) is 6.42 Å². The zero-order chi connectivity index (χ0) is 14.5. The molecule has 4 nitrogen and oxygen atoms in total. The zero-order valence-corrected chi connectivity index (χ0v) is 11.5. The third kappa shape index (κ3) is 3.23. The summed E-state index contributed by atoms with van der Waals surface area (Å²) in [6.45, 7) is 0.593. The van der Waals surface area contributed by atoms with Crippen molar-refractivity contribution in [2.75, 3.05) is 6.54 Å². The second kappa shape index (κ2) is 6.13. The van der Waals surface area contributed by atoms with Crippen LogP contribution in [0.4, 0.5) is 0 Å². The van der Waals surface area contributed by atoms with E-state index in [0.29, 0.717) is 12.1 Å². The van der Waals surface area contributed by atoms with Crippen LogP contribution in [0.15, 0.2) is 61.1 Å². The number of pyridine rings is 2. The molecule has 0 saturated carbocycles. The molecule has 1 aromatic carbocycles. The fourth-order valence-corrected chi connectivity index (χ4v) is 2.17. The molecule has 2 aromatic heterocycles. The number of para-hydroxylation sites is 1. The van der Waals surface area contributed by atoms with Gasteiger partial charge in [-0.1, -0.05) is 18.2 Å². The second-order valence-electron chi connectivity index (χ2n) is 4.78. The Morgan fingerprint density at radius 2 is 1.90 bits per heavy atom. The molecule has 0 bridgehead atoms. The average Bonchev–Trinajstić information content (AvgIpc) is 2.55. The first-order chi connectivity index (χ1) is 10.3. The number of rotatable bonds is 4. The van der Waals surface area contributed by atoms with E-state index >= 15 is 0 Å². The van der Waals surface area contributed by atoms with Crippen LogP contribution in [0.25, 0.3) is 10.9 Å². The maximum Gasteiger partial charge on any atom is 0.252 e. The summed E-state index contributed by atoms with van der Waals surface area (Å²) < 4.78 is 0. The first kappa shape index (κ1) is 13.2. The van der Waals surface area contributed by atoms with Gasteiger partial charge in [0.1, 0.15) is 0 Å². The lowest BCUT2D eigenvalue weighted by molar-refractivity contribution is 0.0954. The molecule has 0 aliphatic heterocycles. The number of benzene rings is 1. The minimum absolute atomic E-state index is 0.0951. The summed E-state index contributed by atoms with van der Waals surface area (Å²) in [4.78, 5) is 20.4. The first-order valence-electron chi connectivity index (χ1n) is 6.85. The van der Waals surface area contributed by atoms with Crippen molar-refractivity contribution in [1.82, 2.24) is 15.3 Å². The SMILES string of the molecule is O=C(NCCc1ccncc1)c1cnc2ccccc2c1. The van der Waals surface area contributed by atoms with Gasteiger partial charge in [0, 0.05) is 30.5 Å². The zero-order valence-electron chi connectivity index (χ0n) is 11.5. The molecule has 0 aliphatic carbocycles. The third-order valence-corrected chi connectivity index (χ3v) is 3.30. The summed E-state index contributed by atoms with van der Waals surface area (Å²) in [6.07, 6.45) is 5.91. The molecule has 0 spiro atoms. The van der Waals surface area contributed by atoms with Gasteiger partial charge in [-0.05, 0) is 36.2 Å². The average molecular weight is 277 g/mol. The van der Waals surface area contributed by atoms with Crippen molar-refractivity contribution in [3.63, 3.8) is 0 Å². The molecule has 0 atom stereocenters. The number of fused-ring (bicyclic) bond motifs is 1. The van der Waals surface area contributed by atoms with Gasteiger partial charge in [0.2, 0.25) is 0 Å². The molecular weight excluding hydrogens is 262 g/mol. The molecular formula is C17H15N3O. The lowest BCUT2D eigenvalue weighted by atomic mass is 10.1. The van der Waals surface area contributed by atoms with Crippen molar-refractivity contribution < 1.29 is 4.79 Å². The van der Waals surface area contributed by atoms with Crippen LogP contribution >= 0.6 is 0 Å². The van der Waals surface area contributed by atoms with E-state index in [1.54, 1.807) is 18.6 Å². The molecule has 104 valence electrons. The molecule has 1 N–H and O–H groups in total.